The number of H-pyrrole nitrogens is 1. The summed E-state index contributed by atoms with van der Waals surface area (Å²) >= 11 is 0. The molecule has 2 aromatic heterocycles. The monoisotopic (exact) mass is 436 g/mol. The largest absolute Gasteiger partial charge is 0.338 e. The SMILES string of the molecule is Cc1ccnc(NC(=O)C2CCN(C(=O)c3cc4c([nH]c3=O)CC(C)(C)CC4=O)CC2)c1. The lowest BCUT2D eigenvalue weighted by Gasteiger charge is -2.32. The van der Waals surface area contributed by atoms with Gasteiger partial charge in [0.15, 0.2) is 5.78 Å². The van der Waals surface area contributed by atoms with E-state index < -0.39 is 11.5 Å². The Morgan fingerprint density at radius 1 is 1.16 bits per heavy atom. The van der Waals surface area contributed by atoms with Gasteiger partial charge in [0.2, 0.25) is 5.91 Å². The number of anilines is 1. The third kappa shape index (κ3) is 4.49. The van der Waals surface area contributed by atoms with Gasteiger partial charge in [-0.1, -0.05) is 13.8 Å². The molecule has 8 heteroatoms. The van der Waals surface area contributed by atoms with E-state index in [9.17, 15) is 19.2 Å². The molecule has 2 aliphatic rings. The number of carbonyl (C=O) groups is 3. The van der Waals surface area contributed by atoms with Gasteiger partial charge >= 0.3 is 0 Å². The lowest BCUT2D eigenvalue weighted by molar-refractivity contribution is -0.121. The fourth-order valence-corrected chi connectivity index (χ4v) is 4.53. The van der Waals surface area contributed by atoms with Crippen molar-refractivity contribution in [1.29, 1.82) is 0 Å². The van der Waals surface area contributed by atoms with Gasteiger partial charge in [-0.05, 0) is 55.4 Å². The van der Waals surface area contributed by atoms with E-state index in [0.29, 0.717) is 55.8 Å². The number of hydrogen-bond acceptors (Lipinski definition) is 5. The van der Waals surface area contributed by atoms with Crippen LogP contribution in [0.4, 0.5) is 5.82 Å². The zero-order chi connectivity index (χ0) is 23.0. The standard InChI is InChI=1S/C24H28N4O4/c1-14-4-7-25-20(10-14)27-21(30)15-5-8-28(9-6-15)23(32)17-11-16-18(26-22(17)31)12-24(2,3)13-19(16)29/h4,7,10-11,15H,5-6,8-9,12-13H2,1-3H3,(H,26,31)(H,25,27,30). The highest BCUT2D eigenvalue weighted by Gasteiger charge is 2.34. The number of pyridine rings is 2. The predicted octanol–water partition coefficient (Wildman–Crippen LogP) is 2.72. The third-order valence-corrected chi connectivity index (χ3v) is 6.27. The number of aromatic amines is 1. The van der Waals surface area contributed by atoms with Gasteiger partial charge in [0.1, 0.15) is 11.4 Å². The molecular weight excluding hydrogens is 408 g/mol. The Balaban J connectivity index is 1.43. The molecule has 0 atom stereocenters. The molecule has 2 aromatic rings. The number of nitrogens with zero attached hydrogens (tertiary/aromatic N) is 2. The highest BCUT2D eigenvalue weighted by atomic mass is 16.2. The van der Waals surface area contributed by atoms with Crippen molar-refractivity contribution in [2.45, 2.75) is 46.5 Å². The molecule has 1 aliphatic heterocycles. The van der Waals surface area contributed by atoms with Crippen LogP contribution in [0.1, 0.15) is 65.1 Å². The Kier molecular flexibility index (Phi) is 5.71. The second-order valence-electron chi connectivity index (χ2n) is 9.62. The smallest absolute Gasteiger partial charge is 0.261 e. The molecule has 0 saturated carbocycles. The summed E-state index contributed by atoms with van der Waals surface area (Å²) < 4.78 is 0. The molecule has 0 bridgehead atoms. The van der Waals surface area contributed by atoms with Crippen LogP contribution >= 0.6 is 0 Å². The summed E-state index contributed by atoms with van der Waals surface area (Å²) in [5, 5.41) is 2.84. The van der Waals surface area contributed by atoms with E-state index in [-0.39, 0.29) is 28.6 Å². The van der Waals surface area contributed by atoms with Gasteiger partial charge in [-0.3, -0.25) is 19.2 Å². The summed E-state index contributed by atoms with van der Waals surface area (Å²) in [4.78, 5) is 59.3. The number of hydrogen-bond donors (Lipinski definition) is 2. The number of amides is 2. The summed E-state index contributed by atoms with van der Waals surface area (Å²) in [5.74, 6) is -0.281. The zero-order valence-electron chi connectivity index (χ0n) is 18.7. The normalized spacial score (nSPS) is 18.2. The van der Waals surface area contributed by atoms with Crippen molar-refractivity contribution in [2.75, 3.05) is 18.4 Å². The van der Waals surface area contributed by atoms with E-state index >= 15 is 0 Å². The van der Waals surface area contributed by atoms with Crippen LogP contribution in [0.25, 0.3) is 0 Å². The second-order valence-corrected chi connectivity index (χ2v) is 9.62. The van der Waals surface area contributed by atoms with Gasteiger partial charge in [0, 0.05) is 42.9 Å². The fraction of sp³-hybridized carbons (Fsp3) is 0.458. The van der Waals surface area contributed by atoms with Crippen LogP contribution in [0.5, 0.6) is 0 Å². The number of piperidine rings is 1. The van der Waals surface area contributed by atoms with Crippen LogP contribution in [0, 0.1) is 18.3 Å². The van der Waals surface area contributed by atoms with Crippen molar-refractivity contribution in [3.63, 3.8) is 0 Å². The van der Waals surface area contributed by atoms with Gasteiger partial charge in [-0.2, -0.15) is 0 Å². The van der Waals surface area contributed by atoms with Crippen molar-refractivity contribution >= 4 is 23.4 Å². The van der Waals surface area contributed by atoms with Gasteiger partial charge < -0.3 is 15.2 Å². The first kappa shape index (κ1) is 21.9. The molecule has 168 valence electrons. The molecule has 3 heterocycles. The van der Waals surface area contributed by atoms with Crippen LogP contribution in [0.2, 0.25) is 0 Å². The quantitative estimate of drug-likeness (QED) is 0.768. The molecule has 8 nitrogen and oxygen atoms in total. The van der Waals surface area contributed by atoms with Crippen molar-refractivity contribution in [1.82, 2.24) is 14.9 Å². The summed E-state index contributed by atoms with van der Waals surface area (Å²) in [6.07, 6.45) is 3.62. The average molecular weight is 437 g/mol. The van der Waals surface area contributed by atoms with E-state index in [4.69, 9.17) is 0 Å². The van der Waals surface area contributed by atoms with Crippen LogP contribution in [-0.4, -0.2) is 45.6 Å². The number of fused-ring (bicyclic) bond motifs is 1. The Bertz CT molecular complexity index is 1140. The molecule has 1 saturated heterocycles. The molecule has 2 amide bonds. The van der Waals surface area contributed by atoms with E-state index in [1.54, 1.807) is 17.2 Å². The average Bonchev–Trinajstić information content (AvgIpc) is 2.72. The predicted molar refractivity (Wildman–Crippen MR) is 120 cm³/mol. The first-order valence-corrected chi connectivity index (χ1v) is 11.0. The molecule has 0 spiro atoms. The number of ketones is 1. The highest BCUT2D eigenvalue weighted by molar-refractivity contribution is 6.02. The number of nitrogens with one attached hydrogen (secondary N) is 2. The van der Waals surface area contributed by atoms with Crippen molar-refractivity contribution in [2.24, 2.45) is 11.3 Å². The van der Waals surface area contributed by atoms with E-state index in [0.717, 1.165) is 5.56 Å². The number of aryl methyl sites for hydroxylation is 1. The van der Waals surface area contributed by atoms with Gasteiger partial charge in [0.25, 0.3) is 11.5 Å². The summed E-state index contributed by atoms with van der Waals surface area (Å²) in [6.45, 7) is 6.64. The van der Waals surface area contributed by atoms with Crippen molar-refractivity contribution in [3.8, 4) is 0 Å². The lowest BCUT2D eigenvalue weighted by Crippen LogP contribution is -2.43. The highest BCUT2D eigenvalue weighted by Crippen LogP contribution is 2.33. The molecule has 0 aromatic carbocycles. The number of aromatic nitrogens is 2. The third-order valence-electron chi connectivity index (χ3n) is 6.27. The maximum Gasteiger partial charge on any atom is 0.261 e. The van der Waals surface area contributed by atoms with E-state index in [1.165, 1.54) is 6.07 Å². The number of likely N-dealkylation sites (tertiary alicyclic amines) is 1. The molecule has 1 aliphatic carbocycles. The molecule has 0 unspecified atom stereocenters. The number of carbonyl (C=O) groups excluding carboxylic acids is 3. The molecule has 32 heavy (non-hydrogen) atoms. The Labute approximate surface area is 186 Å². The minimum Gasteiger partial charge on any atom is -0.338 e. The molecule has 4 rings (SSSR count). The first-order valence-electron chi connectivity index (χ1n) is 11.0. The van der Waals surface area contributed by atoms with Crippen LogP contribution < -0.4 is 10.9 Å². The maximum absolute atomic E-state index is 13.0. The van der Waals surface area contributed by atoms with Crippen LogP contribution in [-0.2, 0) is 11.2 Å². The number of rotatable bonds is 3. The second kappa shape index (κ2) is 8.33. The molecule has 1 fully saturated rings. The van der Waals surface area contributed by atoms with Crippen molar-refractivity contribution in [3.05, 3.63) is 57.1 Å². The summed E-state index contributed by atoms with van der Waals surface area (Å²) in [5.41, 5.74) is 1.36. The Morgan fingerprint density at radius 2 is 1.88 bits per heavy atom. The van der Waals surface area contributed by atoms with E-state index in [1.807, 2.05) is 26.8 Å². The van der Waals surface area contributed by atoms with Crippen LogP contribution in [0.3, 0.4) is 0 Å². The topological polar surface area (TPSA) is 112 Å². The van der Waals surface area contributed by atoms with E-state index in [2.05, 4.69) is 15.3 Å². The van der Waals surface area contributed by atoms with Gasteiger partial charge in [-0.25, -0.2) is 4.98 Å². The first-order chi connectivity index (χ1) is 15.1. The Hall–Kier alpha value is -3.29. The van der Waals surface area contributed by atoms with Crippen molar-refractivity contribution < 1.29 is 14.4 Å². The van der Waals surface area contributed by atoms with Gasteiger partial charge in [-0.15, -0.1) is 0 Å². The number of Topliss-reactive ketones (excluding diaryl/α,β-unsaturated/α-hetero) is 1. The summed E-state index contributed by atoms with van der Waals surface area (Å²) in [6, 6.07) is 5.12. The zero-order valence-corrected chi connectivity index (χ0v) is 18.7. The Morgan fingerprint density at radius 3 is 2.56 bits per heavy atom. The summed E-state index contributed by atoms with van der Waals surface area (Å²) in [7, 11) is 0. The fourth-order valence-electron chi connectivity index (χ4n) is 4.53. The van der Waals surface area contributed by atoms with Gasteiger partial charge in [0.05, 0.1) is 0 Å². The molecule has 0 radical (unpaired) electrons. The maximum atomic E-state index is 13.0. The molecular formula is C24H28N4O4. The molecule has 2 N–H and O–H groups in total. The lowest BCUT2D eigenvalue weighted by atomic mass is 9.75. The minimum atomic E-state index is -0.468. The minimum absolute atomic E-state index is 0.0105. The van der Waals surface area contributed by atoms with Crippen LogP contribution in [0.15, 0.2) is 29.2 Å².